The summed E-state index contributed by atoms with van der Waals surface area (Å²) in [6.45, 7) is 3.93. The summed E-state index contributed by atoms with van der Waals surface area (Å²) in [5, 5.41) is 8.01. The van der Waals surface area contributed by atoms with Gasteiger partial charge in [0.15, 0.2) is 17.3 Å². The predicted octanol–water partition coefficient (Wildman–Crippen LogP) is 4.33. The van der Waals surface area contributed by atoms with Gasteiger partial charge in [0, 0.05) is 17.7 Å². The minimum absolute atomic E-state index is 0.128. The molecule has 32 heavy (non-hydrogen) atoms. The number of aryl methyl sites for hydroxylation is 2. The Morgan fingerprint density at radius 1 is 0.969 bits per heavy atom. The first-order valence-electron chi connectivity index (χ1n) is 10.7. The Labute approximate surface area is 187 Å². The summed E-state index contributed by atoms with van der Waals surface area (Å²) in [6, 6.07) is 13.8. The molecule has 1 N–H and O–H groups in total. The van der Waals surface area contributed by atoms with E-state index in [1.54, 1.807) is 18.9 Å². The number of rotatable bonds is 4. The van der Waals surface area contributed by atoms with Gasteiger partial charge in [0.05, 0.1) is 14.2 Å². The van der Waals surface area contributed by atoms with Crippen molar-refractivity contribution >= 4 is 11.7 Å². The molecular weight excluding hydrogens is 404 g/mol. The van der Waals surface area contributed by atoms with Crippen LogP contribution < -0.4 is 14.8 Å². The quantitative estimate of drug-likeness (QED) is 0.664. The normalized spacial score (nSPS) is 19.8. The predicted molar refractivity (Wildman–Crippen MR) is 121 cm³/mol. The molecule has 7 heteroatoms. The van der Waals surface area contributed by atoms with Crippen LogP contribution in [0.25, 0.3) is 0 Å². The van der Waals surface area contributed by atoms with Crippen LogP contribution in [-0.2, 0) is 4.79 Å². The van der Waals surface area contributed by atoms with Gasteiger partial charge in [0.25, 0.3) is 0 Å². The van der Waals surface area contributed by atoms with E-state index in [1.165, 1.54) is 11.1 Å². The van der Waals surface area contributed by atoms with E-state index in [-0.39, 0.29) is 17.7 Å². The number of allylic oxidation sites excluding steroid dienone is 2. The van der Waals surface area contributed by atoms with Crippen molar-refractivity contribution in [3.8, 4) is 11.5 Å². The van der Waals surface area contributed by atoms with Crippen LogP contribution in [0.5, 0.6) is 11.5 Å². The Hall–Kier alpha value is -3.61. The number of Topliss-reactive ketones (excluding diaryl/α,β-unsaturated/α-hetero) is 1. The molecule has 0 amide bonds. The monoisotopic (exact) mass is 430 g/mol. The van der Waals surface area contributed by atoms with Crippen molar-refractivity contribution in [2.24, 2.45) is 0 Å². The van der Waals surface area contributed by atoms with Gasteiger partial charge in [0.1, 0.15) is 11.9 Å². The fourth-order valence-corrected chi connectivity index (χ4v) is 4.72. The summed E-state index contributed by atoms with van der Waals surface area (Å²) < 4.78 is 12.7. The minimum atomic E-state index is -0.367. The summed E-state index contributed by atoms with van der Waals surface area (Å²) in [5.41, 5.74) is 4.97. The number of benzene rings is 2. The Bertz CT molecular complexity index is 1230. The number of fused-ring (bicyclic) bond motifs is 1. The number of aromatic nitrogens is 3. The molecule has 0 saturated carbocycles. The van der Waals surface area contributed by atoms with Crippen molar-refractivity contribution in [3.05, 3.63) is 76.2 Å². The third-order valence-electron chi connectivity index (χ3n) is 6.30. The van der Waals surface area contributed by atoms with Crippen molar-refractivity contribution in [3.63, 3.8) is 0 Å². The third-order valence-corrected chi connectivity index (χ3v) is 6.30. The van der Waals surface area contributed by atoms with Crippen molar-refractivity contribution in [1.29, 1.82) is 0 Å². The Morgan fingerprint density at radius 3 is 2.41 bits per heavy atom. The first kappa shape index (κ1) is 20.3. The van der Waals surface area contributed by atoms with Crippen molar-refractivity contribution in [2.45, 2.75) is 38.6 Å². The maximum atomic E-state index is 13.5. The molecule has 2 aromatic carbocycles. The molecule has 2 aliphatic rings. The molecule has 164 valence electrons. The smallest absolute Gasteiger partial charge is 0.226 e. The number of anilines is 1. The number of carbonyl (C=O) groups is 1. The highest BCUT2D eigenvalue weighted by molar-refractivity contribution is 6.00. The SMILES string of the molecule is COc1ccc([C@@H]2C3=C(C[C@@H](c4ccc(C)cc4)CC3=O)Nc3nc(C)nn32)cc1OC. The van der Waals surface area contributed by atoms with E-state index in [0.29, 0.717) is 29.7 Å². The Kier molecular flexibility index (Phi) is 4.96. The molecule has 7 nitrogen and oxygen atoms in total. The minimum Gasteiger partial charge on any atom is -0.493 e. The molecule has 1 aliphatic carbocycles. The highest BCUT2D eigenvalue weighted by atomic mass is 16.5. The number of ketones is 1. The van der Waals surface area contributed by atoms with Crippen LogP contribution in [0.2, 0.25) is 0 Å². The van der Waals surface area contributed by atoms with Crippen LogP contribution in [0.3, 0.4) is 0 Å². The van der Waals surface area contributed by atoms with E-state index >= 15 is 0 Å². The van der Waals surface area contributed by atoms with E-state index in [0.717, 1.165) is 23.3 Å². The number of hydrogen-bond acceptors (Lipinski definition) is 6. The van der Waals surface area contributed by atoms with E-state index in [9.17, 15) is 4.79 Å². The van der Waals surface area contributed by atoms with Crippen LogP contribution >= 0.6 is 0 Å². The first-order valence-corrected chi connectivity index (χ1v) is 10.7. The standard InChI is InChI=1S/C25H26N4O3/c1-14-5-7-16(8-6-14)18-11-19-23(20(30)12-18)24(29-25(27-19)26-15(2)28-29)17-9-10-21(31-3)22(13-17)32-4/h5-10,13,18,24H,11-12H2,1-4H3,(H,26,27,28)/t18-,24-/m1/s1. The molecule has 3 aromatic rings. The van der Waals surface area contributed by atoms with Gasteiger partial charge in [-0.25, -0.2) is 4.68 Å². The summed E-state index contributed by atoms with van der Waals surface area (Å²) >= 11 is 0. The topological polar surface area (TPSA) is 78.3 Å². The highest BCUT2D eigenvalue weighted by Crippen LogP contribution is 2.45. The number of methoxy groups -OCH3 is 2. The zero-order valence-corrected chi connectivity index (χ0v) is 18.7. The number of hydrogen-bond donors (Lipinski definition) is 1. The number of nitrogens with one attached hydrogen (secondary N) is 1. The zero-order chi connectivity index (χ0) is 22.4. The van der Waals surface area contributed by atoms with Gasteiger partial charge < -0.3 is 14.8 Å². The molecule has 1 aliphatic heterocycles. The van der Waals surface area contributed by atoms with Gasteiger partial charge in [-0.15, -0.1) is 0 Å². The number of carbonyl (C=O) groups excluding carboxylic acids is 1. The van der Waals surface area contributed by atoms with E-state index in [2.05, 4.69) is 46.6 Å². The second kappa shape index (κ2) is 7.82. The maximum absolute atomic E-state index is 13.5. The molecule has 2 heterocycles. The van der Waals surface area contributed by atoms with Gasteiger partial charge >= 0.3 is 0 Å². The lowest BCUT2D eigenvalue weighted by atomic mass is 9.78. The highest BCUT2D eigenvalue weighted by Gasteiger charge is 2.39. The summed E-state index contributed by atoms with van der Waals surface area (Å²) in [6.07, 6.45) is 1.22. The van der Waals surface area contributed by atoms with Crippen LogP contribution in [0.15, 0.2) is 53.7 Å². The molecule has 0 radical (unpaired) electrons. The fraction of sp³-hybridized carbons (Fsp3) is 0.320. The van der Waals surface area contributed by atoms with Gasteiger partial charge in [-0.3, -0.25) is 4.79 Å². The molecule has 0 bridgehead atoms. The molecule has 5 rings (SSSR count). The molecule has 2 atom stereocenters. The number of ether oxygens (including phenoxy) is 2. The number of nitrogens with zero attached hydrogens (tertiary/aromatic N) is 3. The first-order chi connectivity index (χ1) is 15.5. The Balaban J connectivity index is 1.61. The molecular formula is C25H26N4O3. The molecule has 0 spiro atoms. The second-order valence-corrected chi connectivity index (χ2v) is 8.40. The molecule has 0 saturated heterocycles. The third kappa shape index (κ3) is 3.34. The molecule has 0 fully saturated rings. The van der Waals surface area contributed by atoms with Crippen LogP contribution in [0.4, 0.5) is 5.95 Å². The lowest BCUT2D eigenvalue weighted by Gasteiger charge is -2.35. The summed E-state index contributed by atoms with van der Waals surface area (Å²) in [5.74, 6) is 2.83. The largest absolute Gasteiger partial charge is 0.493 e. The van der Waals surface area contributed by atoms with Crippen LogP contribution in [0.1, 0.15) is 47.3 Å². The van der Waals surface area contributed by atoms with Crippen LogP contribution in [0, 0.1) is 13.8 Å². The average Bonchev–Trinajstić information content (AvgIpc) is 3.17. The lowest BCUT2D eigenvalue weighted by molar-refractivity contribution is -0.116. The van der Waals surface area contributed by atoms with Gasteiger partial charge in [-0.2, -0.15) is 10.1 Å². The lowest BCUT2D eigenvalue weighted by Crippen LogP contribution is -2.33. The zero-order valence-electron chi connectivity index (χ0n) is 18.7. The molecule has 1 aromatic heterocycles. The van der Waals surface area contributed by atoms with Gasteiger partial charge in [0.2, 0.25) is 5.95 Å². The average molecular weight is 431 g/mol. The van der Waals surface area contributed by atoms with E-state index in [1.807, 2.05) is 25.1 Å². The van der Waals surface area contributed by atoms with Crippen molar-refractivity contribution in [1.82, 2.24) is 14.8 Å². The molecule has 0 unspecified atom stereocenters. The summed E-state index contributed by atoms with van der Waals surface area (Å²) in [4.78, 5) is 18.1. The fourth-order valence-electron chi connectivity index (χ4n) is 4.72. The van der Waals surface area contributed by atoms with E-state index < -0.39 is 0 Å². The van der Waals surface area contributed by atoms with E-state index in [4.69, 9.17) is 9.47 Å². The Morgan fingerprint density at radius 2 is 1.69 bits per heavy atom. The maximum Gasteiger partial charge on any atom is 0.226 e. The van der Waals surface area contributed by atoms with Gasteiger partial charge in [-0.1, -0.05) is 35.9 Å². The second-order valence-electron chi connectivity index (χ2n) is 8.40. The summed E-state index contributed by atoms with van der Waals surface area (Å²) in [7, 11) is 3.22. The van der Waals surface area contributed by atoms with Crippen molar-refractivity contribution in [2.75, 3.05) is 19.5 Å². The van der Waals surface area contributed by atoms with Crippen molar-refractivity contribution < 1.29 is 14.3 Å². The van der Waals surface area contributed by atoms with Crippen LogP contribution in [-0.4, -0.2) is 34.8 Å². The van der Waals surface area contributed by atoms with Gasteiger partial charge in [-0.05, 0) is 49.4 Å².